The molecule has 6 nitrogen and oxygen atoms in total. The number of carbonyl (C=O) groups excluding carboxylic acids is 3. The second-order valence-electron chi connectivity index (χ2n) is 9.47. The summed E-state index contributed by atoms with van der Waals surface area (Å²) >= 11 is 0. The Balaban J connectivity index is 1.81. The number of allylic oxidation sites excluding steroid dienone is 3. The number of methoxy groups -OCH3 is 1. The number of hydrogen-bond donors (Lipinski definition) is 1. The van der Waals surface area contributed by atoms with Gasteiger partial charge in [-0.2, -0.15) is 13.2 Å². The fourth-order valence-electron chi connectivity index (χ4n) is 5.37. The van der Waals surface area contributed by atoms with E-state index in [-0.39, 0.29) is 23.2 Å². The topological polar surface area (TPSA) is 81.7 Å². The first-order valence-corrected chi connectivity index (χ1v) is 11.7. The van der Waals surface area contributed by atoms with E-state index in [9.17, 15) is 27.6 Å². The van der Waals surface area contributed by atoms with Crippen LogP contribution in [-0.4, -0.2) is 30.9 Å². The molecule has 0 unspecified atom stereocenters. The van der Waals surface area contributed by atoms with Crippen molar-refractivity contribution in [3.8, 4) is 0 Å². The first-order chi connectivity index (χ1) is 16.5. The first-order valence-electron chi connectivity index (χ1n) is 11.7. The van der Waals surface area contributed by atoms with Gasteiger partial charge in [0.2, 0.25) is 0 Å². The van der Waals surface area contributed by atoms with Gasteiger partial charge in [0.1, 0.15) is 12.0 Å². The summed E-state index contributed by atoms with van der Waals surface area (Å²) in [5.41, 5.74) is 0.909. The maximum Gasteiger partial charge on any atom is 0.416 e. The highest BCUT2D eigenvalue weighted by Gasteiger charge is 2.47. The van der Waals surface area contributed by atoms with E-state index in [0.717, 1.165) is 37.8 Å². The Morgan fingerprint density at radius 2 is 1.71 bits per heavy atom. The molecule has 35 heavy (non-hydrogen) atoms. The van der Waals surface area contributed by atoms with Crippen LogP contribution in [0.25, 0.3) is 0 Å². The molecular formula is C26H28F3NO5. The van der Waals surface area contributed by atoms with Crippen molar-refractivity contribution in [3.63, 3.8) is 0 Å². The Morgan fingerprint density at radius 1 is 1.09 bits per heavy atom. The maximum atomic E-state index is 13.6. The van der Waals surface area contributed by atoms with Crippen molar-refractivity contribution in [2.75, 3.05) is 7.11 Å². The van der Waals surface area contributed by atoms with E-state index in [2.05, 4.69) is 5.32 Å². The Kier molecular flexibility index (Phi) is 6.79. The number of Topliss-reactive ketones (excluding diaryl/α,β-unsaturated/α-hetero) is 1. The smallest absolute Gasteiger partial charge is 0.416 e. The van der Waals surface area contributed by atoms with E-state index in [1.165, 1.54) is 19.2 Å². The third-order valence-electron chi connectivity index (χ3n) is 7.11. The van der Waals surface area contributed by atoms with Crippen molar-refractivity contribution in [3.05, 3.63) is 57.9 Å². The molecule has 0 aromatic heterocycles. The van der Waals surface area contributed by atoms with Crippen LogP contribution in [0.3, 0.4) is 0 Å². The van der Waals surface area contributed by atoms with Crippen molar-refractivity contribution in [2.24, 2.45) is 11.8 Å². The first kappa shape index (κ1) is 25.0. The van der Waals surface area contributed by atoms with E-state index in [0.29, 0.717) is 23.4 Å². The van der Waals surface area contributed by atoms with Crippen LogP contribution in [0.4, 0.5) is 13.2 Å². The summed E-state index contributed by atoms with van der Waals surface area (Å²) in [5.74, 6) is -4.17. The van der Waals surface area contributed by atoms with Gasteiger partial charge in [0.05, 0.1) is 18.2 Å². The molecular weight excluding hydrogens is 463 g/mol. The SMILES string of the molecule is COC(=O)[C@H]1C(=O)C2=C(C[C@@H]1C)NC(C)=C(C(=O)OC1CCCC1)[C@H]2c1ccc(C(F)(F)F)cc1. The predicted octanol–water partition coefficient (Wildman–Crippen LogP) is 4.80. The van der Waals surface area contributed by atoms with Crippen LogP contribution >= 0.6 is 0 Å². The van der Waals surface area contributed by atoms with E-state index in [1.54, 1.807) is 13.8 Å². The molecule has 1 N–H and O–H groups in total. The number of esters is 2. The molecule has 0 saturated heterocycles. The molecule has 9 heteroatoms. The molecule has 1 aromatic carbocycles. The summed E-state index contributed by atoms with van der Waals surface area (Å²) in [7, 11) is 1.20. The number of dihydropyridines is 1. The number of rotatable bonds is 4. The van der Waals surface area contributed by atoms with Crippen molar-refractivity contribution < 1.29 is 37.0 Å². The fourth-order valence-corrected chi connectivity index (χ4v) is 5.37. The highest BCUT2D eigenvalue weighted by atomic mass is 19.4. The van der Waals surface area contributed by atoms with E-state index in [1.807, 2.05) is 0 Å². The Morgan fingerprint density at radius 3 is 2.29 bits per heavy atom. The lowest BCUT2D eigenvalue weighted by Gasteiger charge is -2.38. The lowest BCUT2D eigenvalue weighted by molar-refractivity contribution is -0.151. The van der Waals surface area contributed by atoms with Crippen molar-refractivity contribution in [2.45, 2.75) is 64.1 Å². The second-order valence-corrected chi connectivity index (χ2v) is 9.47. The van der Waals surface area contributed by atoms with E-state index >= 15 is 0 Å². The molecule has 0 spiro atoms. The van der Waals surface area contributed by atoms with Gasteiger partial charge < -0.3 is 14.8 Å². The standard InChI is InChI=1S/C26H28F3NO5/c1-13-12-18-22(23(31)19(13)24(32)34-3)21(15-8-10-16(11-9-15)26(27,28)29)20(14(2)30-18)25(33)35-17-6-4-5-7-17/h8-11,13,17,19,21,30H,4-7,12H2,1-3H3/t13-,19+,21+/m0/s1. The Bertz CT molecular complexity index is 1100. The highest BCUT2D eigenvalue weighted by Crippen LogP contribution is 2.46. The van der Waals surface area contributed by atoms with Gasteiger partial charge in [-0.25, -0.2) is 4.79 Å². The Labute approximate surface area is 201 Å². The van der Waals surface area contributed by atoms with Gasteiger partial charge >= 0.3 is 18.1 Å². The second kappa shape index (κ2) is 9.51. The number of nitrogens with one attached hydrogen (secondary N) is 1. The van der Waals surface area contributed by atoms with Crippen molar-refractivity contribution in [1.82, 2.24) is 5.32 Å². The van der Waals surface area contributed by atoms with Gasteiger partial charge in [-0.05, 0) is 62.6 Å². The minimum atomic E-state index is -4.53. The molecule has 2 aliphatic carbocycles. The minimum absolute atomic E-state index is 0.168. The molecule has 0 radical (unpaired) electrons. The van der Waals surface area contributed by atoms with Gasteiger partial charge in [-0.1, -0.05) is 19.1 Å². The number of carbonyl (C=O) groups is 3. The van der Waals surface area contributed by atoms with Gasteiger partial charge in [-0.3, -0.25) is 9.59 Å². The molecule has 0 bridgehead atoms. The monoisotopic (exact) mass is 491 g/mol. The van der Waals surface area contributed by atoms with Gasteiger partial charge in [0.25, 0.3) is 0 Å². The number of halogens is 3. The zero-order valence-corrected chi connectivity index (χ0v) is 19.8. The summed E-state index contributed by atoms with van der Waals surface area (Å²) in [4.78, 5) is 39.5. The lowest BCUT2D eigenvalue weighted by atomic mass is 9.69. The largest absolute Gasteiger partial charge is 0.468 e. The molecule has 3 aliphatic rings. The number of ether oxygens (including phenoxy) is 2. The van der Waals surface area contributed by atoms with Gasteiger partial charge in [0.15, 0.2) is 5.78 Å². The van der Waals surface area contributed by atoms with Crippen LogP contribution in [0.15, 0.2) is 46.8 Å². The molecule has 1 aliphatic heterocycles. The average Bonchev–Trinajstić information content (AvgIpc) is 3.30. The molecule has 1 saturated carbocycles. The highest BCUT2D eigenvalue weighted by molar-refractivity contribution is 6.12. The van der Waals surface area contributed by atoms with Gasteiger partial charge in [0, 0.05) is 22.9 Å². The van der Waals surface area contributed by atoms with Crippen LogP contribution in [-0.2, 0) is 30.0 Å². The molecule has 0 amide bonds. The summed E-state index contributed by atoms with van der Waals surface area (Å²) in [5, 5.41) is 3.15. The van der Waals surface area contributed by atoms with Crippen LogP contribution < -0.4 is 5.32 Å². The molecule has 1 fully saturated rings. The summed E-state index contributed by atoms with van der Waals surface area (Å²) < 4.78 is 50.2. The minimum Gasteiger partial charge on any atom is -0.468 e. The third kappa shape index (κ3) is 4.73. The summed E-state index contributed by atoms with van der Waals surface area (Å²) in [6, 6.07) is 4.41. The Hall–Kier alpha value is -3.10. The van der Waals surface area contributed by atoms with Crippen LogP contribution in [0.1, 0.15) is 63.0 Å². The molecule has 4 rings (SSSR count). The number of hydrogen-bond acceptors (Lipinski definition) is 6. The fraction of sp³-hybridized carbons (Fsp3) is 0.500. The van der Waals surface area contributed by atoms with Crippen molar-refractivity contribution in [1.29, 1.82) is 0 Å². The van der Waals surface area contributed by atoms with E-state index < -0.39 is 41.3 Å². The average molecular weight is 492 g/mol. The number of ketones is 1. The summed E-state index contributed by atoms with van der Waals surface area (Å²) in [6.45, 7) is 3.45. The molecule has 3 atom stereocenters. The zero-order chi connectivity index (χ0) is 25.5. The number of benzene rings is 1. The quantitative estimate of drug-likeness (QED) is 0.481. The molecule has 188 valence electrons. The van der Waals surface area contributed by atoms with Crippen LogP contribution in [0.2, 0.25) is 0 Å². The lowest BCUT2D eigenvalue weighted by Crippen LogP contribution is -2.43. The van der Waals surface area contributed by atoms with Crippen LogP contribution in [0, 0.1) is 11.8 Å². The van der Waals surface area contributed by atoms with Crippen LogP contribution in [0.5, 0.6) is 0 Å². The number of alkyl halides is 3. The van der Waals surface area contributed by atoms with E-state index in [4.69, 9.17) is 9.47 Å². The molecule has 1 heterocycles. The normalized spacial score (nSPS) is 25.3. The van der Waals surface area contributed by atoms with Crippen molar-refractivity contribution >= 4 is 17.7 Å². The maximum absolute atomic E-state index is 13.6. The predicted molar refractivity (Wildman–Crippen MR) is 120 cm³/mol. The third-order valence-corrected chi connectivity index (χ3v) is 7.11. The van der Waals surface area contributed by atoms with Gasteiger partial charge in [-0.15, -0.1) is 0 Å². The zero-order valence-electron chi connectivity index (χ0n) is 19.8. The molecule has 1 aromatic rings. The summed E-state index contributed by atoms with van der Waals surface area (Å²) in [6.07, 6.45) is -1.04.